The first-order valence-electron chi connectivity index (χ1n) is 5.68. The molecule has 2 N–H and O–H groups in total. The van der Waals surface area contributed by atoms with E-state index in [1.807, 2.05) is 0 Å². The van der Waals surface area contributed by atoms with Gasteiger partial charge in [-0.2, -0.15) is 4.39 Å². The number of hydrogen-bond acceptors (Lipinski definition) is 5. The van der Waals surface area contributed by atoms with Crippen LogP contribution in [0.3, 0.4) is 0 Å². The molecule has 7 nitrogen and oxygen atoms in total. The van der Waals surface area contributed by atoms with E-state index in [9.17, 15) is 27.3 Å². The van der Waals surface area contributed by atoms with Crippen molar-refractivity contribution in [1.29, 1.82) is 0 Å². The van der Waals surface area contributed by atoms with E-state index in [0.717, 1.165) is 0 Å². The number of nitro benzene ring substituents is 1. The molecule has 1 aromatic carbocycles. The lowest BCUT2D eigenvalue weighted by molar-refractivity contribution is -0.387. The van der Waals surface area contributed by atoms with Crippen molar-refractivity contribution in [3.8, 4) is 5.75 Å². The maximum Gasteiger partial charge on any atom is 0.307 e. The molecule has 0 unspecified atom stereocenters. The van der Waals surface area contributed by atoms with Crippen molar-refractivity contribution in [3.05, 3.63) is 33.9 Å². The molecule has 0 fully saturated rings. The molecule has 21 heavy (non-hydrogen) atoms. The molecule has 1 aromatic rings. The van der Waals surface area contributed by atoms with Crippen LogP contribution in [0.5, 0.6) is 5.75 Å². The summed E-state index contributed by atoms with van der Waals surface area (Å²) < 4.78 is 54.0. The summed E-state index contributed by atoms with van der Waals surface area (Å²) in [4.78, 5) is 9.37. The highest BCUT2D eigenvalue weighted by Gasteiger charge is 2.26. The van der Waals surface area contributed by atoms with Crippen LogP contribution in [0.1, 0.15) is 13.8 Å². The van der Waals surface area contributed by atoms with Crippen molar-refractivity contribution in [1.82, 2.24) is 0 Å². The fraction of sp³-hybridized carbons (Fsp3) is 0.455. The highest BCUT2D eigenvalue weighted by Crippen LogP contribution is 2.28. The van der Waals surface area contributed by atoms with Crippen molar-refractivity contribution in [3.63, 3.8) is 0 Å². The summed E-state index contributed by atoms with van der Waals surface area (Å²) in [6, 6.07) is 0.942. The fourth-order valence-electron chi connectivity index (χ4n) is 1.63. The highest BCUT2D eigenvalue weighted by atomic mass is 32.2. The average Bonchev–Trinajstić information content (AvgIpc) is 2.26. The Bertz CT molecular complexity index is 661. The van der Waals surface area contributed by atoms with Crippen LogP contribution >= 0.6 is 0 Å². The molecule has 0 aliphatic heterocycles. The summed E-state index contributed by atoms with van der Waals surface area (Å²) in [7, 11) is -3.76. The summed E-state index contributed by atoms with van der Waals surface area (Å²) in [5, 5.41) is 15.3. The van der Waals surface area contributed by atoms with Crippen molar-refractivity contribution >= 4 is 15.7 Å². The monoisotopic (exact) mass is 324 g/mol. The van der Waals surface area contributed by atoms with Crippen molar-refractivity contribution in [2.75, 3.05) is 12.4 Å². The Morgan fingerprint density at radius 1 is 1.33 bits per heavy atom. The van der Waals surface area contributed by atoms with Gasteiger partial charge in [0, 0.05) is 11.5 Å². The predicted molar refractivity (Wildman–Crippen MR) is 70.3 cm³/mol. The van der Waals surface area contributed by atoms with Crippen LogP contribution in [-0.4, -0.2) is 25.7 Å². The van der Waals surface area contributed by atoms with Gasteiger partial charge in [0.1, 0.15) is 0 Å². The van der Waals surface area contributed by atoms with Crippen molar-refractivity contribution < 1.29 is 26.9 Å². The summed E-state index contributed by atoms with van der Waals surface area (Å²) in [5.41, 5.74) is -1.96. The van der Waals surface area contributed by atoms with Gasteiger partial charge >= 0.3 is 5.69 Å². The first kappa shape index (κ1) is 17.2. The minimum atomic E-state index is -3.76. The molecule has 0 heterocycles. The summed E-state index contributed by atoms with van der Waals surface area (Å²) in [6.07, 6.45) is 0. The van der Waals surface area contributed by atoms with Gasteiger partial charge in [0.25, 0.3) is 0 Å². The number of primary sulfonamides is 1. The minimum absolute atomic E-state index is 0.266. The van der Waals surface area contributed by atoms with Gasteiger partial charge in [0.2, 0.25) is 15.8 Å². The number of sulfonamides is 1. The van der Waals surface area contributed by atoms with Crippen molar-refractivity contribution in [2.45, 2.75) is 13.8 Å². The van der Waals surface area contributed by atoms with Crippen LogP contribution < -0.4 is 9.88 Å². The Hall–Kier alpha value is -1.81. The van der Waals surface area contributed by atoms with E-state index < -0.39 is 49.2 Å². The Kier molecular flexibility index (Phi) is 4.84. The topological polar surface area (TPSA) is 113 Å². The lowest BCUT2D eigenvalue weighted by atomic mass is 9.98. The Morgan fingerprint density at radius 3 is 2.38 bits per heavy atom. The third kappa shape index (κ3) is 5.23. The quantitative estimate of drug-likeness (QED) is 0.630. The molecule has 0 bridgehead atoms. The number of nitrogens with zero attached hydrogens (tertiary/aromatic N) is 1. The summed E-state index contributed by atoms with van der Waals surface area (Å²) in [6.45, 7) is 2.76. The normalized spacial score (nSPS) is 12.2. The largest absolute Gasteiger partial charge is 0.490 e. The molecule has 0 saturated carbocycles. The number of ether oxygens (including phenoxy) is 1. The number of hydrogen-bond donors (Lipinski definition) is 1. The molecular weight excluding hydrogens is 310 g/mol. The standard InChI is InChI=1S/C11H14F2N2O5S/c1-11(2,6-21(14,18)19)5-20-10-4-7(12)9(15(16)17)3-8(10)13/h3-4H,5-6H2,1-2H3,(H2,14,18,19). The minimum Gasteiger partial charge on any atom is -0.490 e. The molecule has 0 aliphatic carbocycles. The Balaban J connectivity index is 2.90. The van der Waals surface area contributed by atoms with E-state index in [-0.39, 0.29) is 6.61 Å². The van der Waals surface area contributed by atoms with Gasteiger partial charge < -0.3 is 4.74 Å². The number of nitrogens with two attached hydrogens (primary N) is 1. The first-order valence-corrected chi connectivity index (χ1v) is 7.39. The average molecular weight is 324 g/mol. The summed E-state index contributed by atoms with van der Waals surface area (Å²) in [5.74, 6) is -3.33. The first-order chi connectivity index (χ1) is 9.41. The maximum atomic E-state index is 13.6. The highest BCUT2D eigenvalue weighted by molar-refractivity contribution is 7.89. The second-order valence-electron chi connectivity index (χ2n) is 5.25. The second-order valence-corrected chi connectivity index (χ2v) is 6.87. The van der Waals surface area contributed by atoms with Gasteiger partial charge in [-0.3, -0.25) is 10.1 Å². The Morgan fingerprint density at radius 2 is 1.90 bits per heavy atom. The van der Waals surface area contributed by atoms with Crippen LogP contribution in [0.25, 0.3) is 0 Å². The number of benzene rings is 1. The van der Waals surface area contributed by atoms with Crippen LogP contribution in [0.2, 0.25) is 0 Å². The maximum absolute atomic E-state index is 13.6. The predicted octanol–water partition coefficient (Wildman–Crippen LogP) is 1.57. The van der Waals surface area contributed by atoms with E-state index in [2.05, 4.69) is 0 Å². The molecule has 0 aliphatic rings. The fourth-order valence-corrected chi connectivity index (χ4v) is 2.80. The van der Waals surface area contributed by atoms with Gasteiger partial charge in [0.15, 0.2) is 11.6 Å². The number of halogens is 2. The van der Waals surface area contributed by atoms with Crippen LogP contribution in [-0.2, 0) is 10.0 Å². The molecule has 0 radical (unpaired) electrons. The van der Waals surface area contributed by atoms with Crippen LogP contribution in [0.4, 0.5) is 14.5 Å². The molecule has 1 rings (SSSR count). The van der Waals surface area contributed by atoms with Gasteiger partial charge in [0.05, 0.1) is 23.3 Å². The molecule has 118 valence electrons. The molecule has 0 saturated heterocycles. The van der Waals surface area contributed by atoms with Crippen LogP contribution in [0, 0.1) is 27.2 Å². The van der Waals surface area contributed by atoms with Gasteiger partial charge in [-0.05, 0) is 0 Å². The third-order valence-corrected chi connectivity index (χ3v) is 3.59. The van der Waals surface area contributed by atoms with E-state index in [4.69, 9.17) is 9.88 Å². The molecule has 0 spiro atoms. The second kappa shape index (κ2) is 5.90. The zero-order chi connectivity index (χ0) is 16.4. The molecule has 0 amide bonds. The smallest absolute Gasteiger partial charge is 0.307 e. The summed E-state index contributed by atoms with van der Waals surface area (Å²) >= 11 is 0. The SMILES string of the molecule is CC(C)(COc1cc(F)c([N+](=O)[O-])cc1F)CS(N)(=O)=O. The number of rotatable bonds is 6. The number of nitro groups is 1. The molecule has 10 heteroatoms. The molecule has 0 atom stereocenters. The zero-order valence-electron chi connectivity index (χ0n) is 11.3. The van der Waals surface area contributed by atoms with Gasteiger partial charge in [-0.25, -0.2) is 17.9 Å². The molecular formula is C11H14F2N2O5S. The van der Waals surface area contributed by atoms with E-state index in [1.165, 1.54) is 13.8 Å². The van der Waals surface area contributed by atoms with E-state index >= 15 is 0 Å². The van der Waals surface area contributed by atoms with Gasteiger partial charge in [-0.15, -0.1) is 0 Å². The Labute approximate surface area is 119 Å². The van der Waals surface area contributed by atoms with Crippen molar-refractivity contribution in [2.24, 2.45) is 10.6 Å². The third-order valence-electron chi connectivity index (χ3n) is 2.41. The van der Waals surface area contributed by atoms with E-state index in [1.54, 1.807) is 0 Å². The van der Waals surface area contributed by atoms with E-state index in [0.29, 0.717) is 12.1 Å². The van der Waals surface area contributed by atoms with Crippen LogP contribution in [0.15, 0.2) is 12.1 Å². The molecule has 0 aromatic heterocycles. The zero-order valence-corrected chi connectivity index (χ0v) is 12.1. The lowest BCUT2D eigenvalue weighted by Gasteiger charge is -2.23. The lowest BCUT2D eigenvalue weighted by Crippen LogP contribution is -2.33. The van der Waals surface area contributed by atoms with Gasteiger partial charge in [-0.1, -0.05) is 13.8 Å².